The average Bonchev–Trinajstić information content (AvgIpc) is 3.05. The first-order chi connectivity index (χ1) is 24.6. The van der Waals surface area contributed by atoms with E-state index in [4.69, 9.17) is 21.3 Å². The molecule has 1 aromatic carbocycles. The second-order valence-corrected chi connectivity index (χ2v) is 14.0. The highest BCUT2D eigenvalue weighted by Crippen LogP contribution is 2.37. The van der Waals surface area contributed by atoms with Crippen LogP contribution in [0.4, 0.5) is 0 Å². The predicted molar refractivity (Wildman–Crippen MR) is 184 cm³/mol. The van der Waals surface area contributed by atoms with Crippen LogP contribution in [0.25, 0.3) is 0 Å². The number of nitrogens with two attached hydrogens (primary N) is 2. The summed E-state index contributed by atoms with van der Waals surface area (Å²) in [5, 5.41) is 21.5. The minimum atomic E-state index is -4.85. The van der Waals surface area contributed by atoms with Crippen molar-refractivity contribution in [2.45, 2.75) is 89.6 Å². The molecule has 0 spiro atoms. The molecule has 0 aliphatic rings. The zero-order chi connectivity index (χ0) is 40.6. The molecule has 0 fully saturated rings. The number of hydrogen-bond acceptors (Lipinski definition) is 11. The van der Waals surface area contributed by atoms with Gasteiger partial charge < -0.3 is 58.2 Å². The molecule has 0 saturated heterocycles. The van der Waals surface area contributed by atoms with Crippen LogP contribution >= 0.6 is 7.82 Å². The average molecular weight is 774 g/mol. The Labute approximate surface area is 305 Å². The molecule has 0 aliphatic carbocycles. The van der Waals surface area contributed by atoms with Gasteiger partial charge in [0, 0.05) is 12.8 Å². The van der Waals surface area contributed by atoms with Crippen molar-refractivity contribution in [1.82, 2.24) is 26.6 Å². The van der Waals surface area contributed by atoms with Gasteiger partial charge >= 0.3 is 7.82 Å². The van der Waals surface area contributed by atoms with E-state index < -0.39 is 110 Å². The summed E-state index contributed by atoms with van der Waals surface area (Å²) < 4.78 is 15.7. The molecule has 0 heterocycles. The molecule has 0 unspecified atom stereocenters. The summed E-state index contributed by atoms with van der Waals surface area (Å²) >= 11 is 0. The summed E-state index contributed by atoms with van der Waals surface area (Å²) in [5.41, 5.74) is 14.3. The van der Waals surface area contributed by atoms with E-state index in [0.717, 1.165) is 0 Å². The summed E-state index contributed by atoms with van der Waals surface area (Å²) in [6.07, 6.45) is -0.813. The van der Waals surface area contributed by atoms with E-state index in [9.17, 15) is 48.0 Å². The van der Waals surface area contributed by atoms with Gasteiger partial charge in [0.25, 0.3) is 5.91 Å². The molecule has 1 aromatic rings. The van der Waals surface area contributed by atoms with Crippen molar-refractivity contribution in [2.75, 3.05) is 6.61 Å². The van der Waals surface area contributed by atoms with Gasteiger partial charge in [0.05, 0.1) is 12.5 Å². The second kappa shape index (κ2) is 21.5. The Morgan fingerprint density at radius 3 is 1.70 bits per heavy atom. The van der Waals surface area contributed by atoms with Gasteiger partial charge in [0.15, 0.2) is 6.04 Å². The monoisotopic (exact) mass is 773 g/mol. The fourth-order valence-electron chi connectivity index (χ4n) is 4.64. The molecule has 15 N–H and O–H groups in total. The summed E-state index contributed by atoms with van der Waals surface area (Å²) in [4.78, 5) is 119. The zero-order valence-electron chi connectivity index (χ0n) is 29.8. The molecular formula is C31H50N8O13P+. The Hall–Kier alpha value is -4.95. The predicted octanol–water partition coefficient (Wildman–Crippen LogP) is -4.62. The van der Waals surface area contributed by atoms with Crippen molar-refractivity contribution < 1.29 is 68.1 Å². The van der Waals surface area contributed by atoms with Crippen LogP contribution in [0.15, 0.2) is 24.3 Å². The minimum Gasteiger partial charge on any atom is -0.404 e. The van der Waals surface area contributed by atoms with Crippen LogP contribution in [0.1, 0.15) is 52.5 Å². The minimum absolute atomic E-state index is 0.0888. The highest BCUT2D eigenvalue weighted by atomic mass is 31.2. The van der Waals surface area contributed by atoms with E-state index in [0.29, 0.717) is 11.8 Å². The Kier molecular flexibility index (Phi) is 18.7. The number of primary amides is 2. The van der Waals surface area contributed by atoms with E-state index in [1.165, 1.54) is 24.3 Å². The normalized spacial score (nSPS) is 14.8. The van der Waals surface area contributed by atoms with Crippen LogP contribution in [-0.4, -0.2) is 105 Å². The van der Waals surface area contributed by atoms with Gasteiger partial charge in [-0.05, 0) is 36.0 Å². The maximum Gasteiger partial charge on any atom is 0.524 e. The van der Waals surface area contributed by atoms with E-state index >= 15 is 0 Å². The van der Waals surface area contributed by atoms with Gasteiger partial charge in [0.1, 0.15) is 42.8 Å². The van der Waals surface area contributed by atoms with Crippen LogP contribution in [0.2, 0.25) is 0 Å². The third-order valence-corrected chi connectivity index (χ3v) is 7.99. The smallest absolute Gasteiger partial charge is 0.404 e. The topological polar surface area (TPSA) is 363 Å². The quantitative estimate of drug-likeness (QED) is 0.0369. The van der Waals surface area contributed by atoms with Crippen molar-refractivity contribution in [3.05, 3.63) is 29.8 Å². The van der Waals surface area contributed by atoms with Crippen molar-refractivity contribution >= 4 is 55.5 Å². The Bertz CT molecular complexity index is 1520. The Balaban J connectivity index is 3.26. The maximum absolute atomic E-state index is 13.6. The van der Waals surface area contributed by atoms with Gasteiger partial charge in [0.2, 0.25) is 35.4 Å². The van der Waals surface area contributed by atoms with Crippen LogP contribution in [0, 0.1) is 11.8 Å². The third kappa shape index (κ3) is 17.0. The molecule has 22 heteroatoms. The van der Waals surface area contributed by atoms with Gasteiger partial charge in [-0.25, -0.2) is 4.57 Å². The number of rotatable bonds is 23. The molecular weight excluding hydrogens is 723 g/mol. The number of carbonyl (C=O) groups excluding carboxylic acids is 8. The molecule has 296 valence electrons. The SMILES string of the molecule is CC(C)[C@H](NC(=O)[C@H](CC(N)=O)NC(=O)[C@@H](NC(=O)[C@H](Cc1ccc(OP(=O)(O)O)cc1)NC(=O)[C@@H]([NH3+])CO)C(C)C)C(=O)N[C@H](C=O)CCC(N)=O. The number of phosphoric acid groups is 1. The number of nitrogens with one attached hydrogen (secondary N) is 5. The molecule has 21 nitrogen and oxygen atoms in total. The van der Waals surface area contributed by atoms with Crippen molar-refractivity contribution in [2.24, 2.45) is 23.3 Å². The maximum atomic E-state index is 13.6. The lowest BCUT2D eigenvalue weighted by molar-refractivity contribution is -0.409. The van der Waals surface area contributed by atoms with E-state index in [1.807, 2.05) is 0 Å². The number of phosphoric ester groups is 1. The lowest BCUT2D eigenvalue weighted by Crippen LogP contribution is -2.70. The first-order valence-electron chi connectivity index (χ1n) is 16.4. The molecule has 6 atom stereocenters. The lowest BCUT2D eigenvalue weighted by Gasteiger charge is -2.29. The molecule has 0 bridgehead atoms. The first kappa shape index (κ1) is 46.1. The van der Waals surface area contributed by atoms with Gasteiger partial charge in [-0.3, -0.25) is 43.3 Å². The number of hydrogen-bond donors (Lipinski definition) is 11. The summed E-state index contributed by atoms with van der Waals surface area (Å²) in [7, 11) is -4.85. The van der Waals surface area contributed by atoms with Crippen molar-refractivity contribution in [3.8, 4) is 5.75 Å². The van der Waals surface area contributed by atoms with E-state index in [2.05, 4.69) is 36.8 Å². The number of benzene rings is 1. The lowest BCUT2D eigenvalue weighted by atomic mass is 9.99. The van der Waals surface area contributed by atoms with Crippen LogP contribution in [0.3, 0.4) is 0 Å². The molecule has 0 aliphatic heterocycles. The molecule has 7 amide bonds. The number of aldehydes is 1. The zero-order valence-corrected chi connectivity index (χ0v) is 30.7. The van der Waals surface area contributed by atoms with Crippen molar-refractivity contribution in [1.29, 1.82) is 0 Å². The number of quaternary nitrogens is 1. The summed E-state index contributed by atoms with van der Waals surface area (Å²) in [5.74, 6) is -7.53. The van der Waals surface area contributed by atoms with E-state index in [-0.39, 0.29) is 25.0 Å². The standard InChI is InChI=1S/C31H49N8O13P/c1-15(2)25(30(47)35-18(13-40)7-10-23(33)42)38-29(46)22(12-24(34)43)37-31(48)26(16(3)4)39-28(45)21(36-27(44)20(32)14-41)11-17-5-8-19(9-6-17)52-53(49,50)51/h5-6,8-9,13,15-16,18,20-22,25-26,41H,7,10-12,14,32H2,1-4H3,(H2,33,42)(H2,34,43)(H,35,47)(H,36,44)(H,37,48)(H,38,46)(H,39,45)(H2,49,50,51)/p+1/t18-,20-,21-,22-,25-,26-/m0/s1. The summed E-state index contributed by atoms with van der Waals surface area (Å²) in [6.45, 7) is 5.61. The van der Waals surface area contributed by atoms with Crippen LogP contribution in [-0.2, 0) is 49.3 Å². The number of aliphatic hydroxyl groups is 1. The molecule has 0 saturated carbocycles. The first-order valence-corrected chi connectivity index (χ1v) is 17.9. The van der Waals surface area contributed by atoms with Crippen LogP contribution in [0.5, 0.6) is 5.75 Å². The van der Waals surface area contributed by atoms with Crippen LogP contribution < -0.4 is 48.3 Å². The molecule has 1 rings (SSSR count). The Morgan fingerprint density at radius 2 is 1.26 bits per heavy atom. The number of amides is 7. The highest BCUT2D eigenvalue weighted by molar-refractivity contribution is 7.46. The fraction of sp³-hybridized carbons (Fsp3) is 0.548. The highest BCUT2D eigenvalue weighted by Gasteiger charge is 2.35. The molecule has 0 radical (unpaired) electrons. The van der Waals surface area contributed by atoms with Gasteiger partial charge in [-0.15, -0.1) is 0 Å². The summed E-state index contributed by atoms with van der Waals surface area (Å²) in [6, 6.07) is -2.75. The van der Waals surface area contributed by atoms with Gasteiger partial charge in [-0.1, -0.05) is 39.8 Å². The van der Waals surface area contributed by atoms with E-state index in [1.54, 1.807) is 27.7 Å². The molecule has 53 heavy (non-hydrogen) atoms. The second-order valence-electron chi connectivity index (χ2n) is 12.8. The van der Waals surface area contributed by atoms with Crippen molar-refractivity contribution in [3.63, 3.8) is 0 Å². The number of carbonyl (C=O) groups is 8. The largest absolute Gasteiger partial charge is 0.524 e. The van der Waals surface area contributed by atoms with Gasteiger partial charge in [-0.2, -0.15) is 0 Å². The third-order valence-electron chi connectivity index (χ3n) is 7.54. The Morgan fingerprint density at radius 1 is 0.774 bits per heavy atom. The molecule has 0 aromatic heterocycles. The number of aliphatic hydroxyl groups excluding tert-OH is 1. The fourth-order valence-corrected chi connectivity index (χ4v) is 5.03.